The topological polar surface area (TPSA) is 12.0 Å². The van der Waals surface area contributed by atoms with Crippen LogP contribution in [0.4, 0.5) is 0 Å². The van der Waals surface area contributed by atoms with Crippen molar-refractivity contribution in [3.8, 4) is 0 Å². The predicted octanol–water partition coefficient (Wildman–Crippen LogP) is 1.30. The van der Waals surface area contributed by atoms with E-state index in [4.69, 9.17) is 0 Å². The summed E-state index contributed by atoms with van der Waals surface area (Å²) in [5.41, 5.74) is 0. The molecule has 0 aromatic rings. The lowest BCUT2D eigenvalue weighted by molar-refractivity contribution is 0.614. The van der Waals surface area contributed by atoms with Crippen molar-refractivity contribution < 1.29 is 1.43 Å². The number of hydrogen-bond acceptors (Lipinski definition) is 2. The van der Waals surface area contributed by atoms with Gasteiger partial charge in [0, 0.05) is 19.1 Å². The normalized spacial score (nSPS) is 31.3. The molecule has 0 bridgehead atoms. The van der Waals surface area contributed by atoms with Gasteiger partial charge in [0.05, 0.1) is 0 Å². The van der Waals surface area contributed by atoms with Crippen molar-refractivity contribution in [2.75, 3.05) is 11.6 Å². The Kier molecular flexibility index (Phi) is 2.00. The maximum absolute atomic E-state index is 3.37. The number of nitrogens with one attached hydrogen (secondary N) is 1. The summed E-state index contributed by atoms with van der Waals surface area (Å²) >= 11 is 2.00. The van der Waals surface area contributed by atoms with Gasteiger partial charge in [-0.15, -0.1) is 11.8 Å². The Morgan fingerprint density at radius 3 is 3.14 bits per heavy atom. The van der Waals surface area contributed by atoms with E-state index in [2.05, 4.69) is 12.2 Å². The van der Waals surface area contributed by atoms with E-state index in [1.54, 1.807) is 0 Å². The lowest BCUT2D eigenvalue weighted by Gasteiger charge is -2.00. The molecule has 0 radical (unpaired) electrons. The van der Waals surface area contributed by atoms with E-state index in [0.29, 0.717) is 0 Å². The lowest BCUT2D eigenvalue weighted by Crippen LogP contribution is -2.21. The van der Waals surface area contributed by atoms with Crippen LogP contribution in [-0.4, -0.2) is 17.7 Å². The van der Waals surface area contributed by atoms with Crippen LogP contribution in [0, 0.1) is 0 Å². The third-order valence-electron chi connectivity index (χ3n) is 1.29. The Hall–Kier alpha value is 0.310. The zero-order valence-corrected chi connectivity index (χ0v) is 5.42. The highest BCUT2D eigenvalue weighted by Crippen LogP contribution is 2.10. The summed E-state index contributed by atoms with van der Waals surface area (Å²) in [6.07, 6.45) is 1.28. The quantitative estimate of drug-likeness (QED) is 0.558. The molecule has 1 unspecified atom stereocenters. The smallest absolute Gasteiger partial charge is 0.0420 e. The van der Waals surface area contributed by atoms with E-state index < -0.39 is 0 Å². The van der Waals surface area contributed by atoms with Crippen molar-refractivity contribution in [1.82, 2.24) is 5.32 Å². The summed E-state index contributed by atoms with van der Waals surface area (Å²) in [5.74, 6) is 2.48. The molecule has 1 nitrogen and oxygen atoms in total. The molecule has 0 aliphatic carbocycles. The van der Waals surface area contributed by atoms with Gasteiger partial charge in [-0.3, -0.25) is 0 Å². The fraction of sp³-hybridized carbons (Fsp3) is 1.00. The third kappa shape index (κ3) is 1.35. The van der Waals surface area contributed by atoms with E-state index in [1.165, 1.54) is 18.1 Å². The molecule has 1 rings (SSSR count). The number of thioether (sulfide) groups is 1. The van der Waals surface area contributed by atoms with Gasteiger partial charge in [-0.2, -0.15) is 0 Å². The van der Waals surface area contributed by atoms with Crippen molar-refractivity contribution in [3.05, 3.63) is 0 Å². The fourth-order valence-electron chi connectivity index (χ4n) is 0.699. The van der Waals surface area contributed by atoms with Gasteiger partial charge < -0.3 is 5.32 Å². The van der Waals surface area contributed by atoms with Gasteiger partial charge >= 0.3 is 0 Å². The molecule has 0 spiro atoms. The first-order valence-corrected chi connectivity index (χ1v) is 3.90. The summed E-state index contributed by atoms with van der Waals surface area (Å²) in [7, 11) is 0. The zero-order chi connectivity index (χ0) is 5.11. The van der Waals surface area contributed by atoms with Crippen LogP contribution in [0.3, 0.4) is 0 Å². The summed E-state index contributed by atoms with van der Waals surface area (Å²) in [6.45, 7) is 2.23. The molecule has 1 N–H and O–H groups in total. The molecule has 1 heterocycles. The monoisotopic (exact) mass is 119 g/mol. The average molecular weight is 119 g/mol. The van der Waals surface area contributed by atoms with Crippen molar-refractivity contribution in [3.63, 3.8) is 0 Å². The molecule has 0 aromatic heterocycles. The second kappa shape index (κ2) is 2.58. The number of rotatable bonds is 1. The standard InChI is InChI=1S/C5H11NS.H2/c1-2-5-3-7-4-6-5;/h5-6H,2-4H2,1H3;1H. The predicted molar refractivity (Wildman–Crippen MR) is 36.7 cm³/mol. The SMILES string of the molecule is CCC1CSCN1.[HH]. The Morgan fingerprint density at radius 1 is 2.00 bits per heavy atom. The molecular weight excluding hydrogens is 106 g/mol. The summed E-state index contributed by atoms with van der Waals surface area (Å²) < 4.78 is 0. The fourth-order valence-corrected chi connectivity index (χ4v) is 1.81. The third-order valence-corrected chi connectivity index (χ3v) is 2.29. The maximum atomic E-state index is 3.37. The van der Waals surface area contributed by atoms with Crippen LogP contribution in [-0.2, 0) is 0 Å². The molecule has 0 aromatic carbocycles. The van der Waals surface area contributed by atoms with E-state index in [-0.39, 0.29) is 1.43 Å². The molecule has 1 fully saturated rings. The van der Waals surface area contributed by atoms with Gasteiger partial charge in [-0.25, -0.2) is 0 Å². The van der Waals surface area contributed by atoms with Crippen LogP contribution < -0.4 is 5.32 Å². The zero-order valence-electron chi connectivity index (χ0n) is 4.61. The van der Waals surface area contributed by atoms with Gasteiger partial charge in [0.25, 0.3) is 0 Å². The molecule has 1 aliphatic heterocycles. The molecule has 2 heteroatoms. The van der Waals surface area contributed by atoms with E-state index >= 15 is 0 Å². The van der Waals surface area contributed by atoms with Gasteiger partial charge in [0.2, 0.25) is 0 Å². The highest BCUT2D eigenvalue weighted by atomic mass is 32.2. The summed E-state index contributed by atoms with van der Waals surface area (Å²) in [6, 6.07) is 0.810. The minimum Gasteiger partial charge on any atom is -0.304 e. The Bertz CT molecular complexity index is 54.4. The Labute approximate surface area is 50.4 Å². The van der Waals surface area contributed by atoms with Crippen LogP contribution in [0.2, 0.25) is 0 Å². The first kappa shape index (κ1) is 5.45. The average Bonchev–Trinajstić information content (AvgIpc) is 2.14. The Balaban J connectivity index is 0.000000490. The van der Waals surface area contributed by atoms with Crippen LogP contribution in [0.5, 0.6) is 0 Å². The van der Waals surface area contributed by atoms with Gasteiger partial charge in [0.1, 0.15) is 0 Å². The molecule has 0 amide bonds. The highest BCUT2D eigenvalue weighted by Gasteiger charge is 2.10. The molecule has 44 valence electrons. The van der Waals surface area contributed by atoms with Crippen molar-refractivity contribution >= 4 is 11.8 Å². The Morgan fingerprint density at radius 2 is 2.86 bits per heavy atom. The van der Waals surface area contributed by atoms with Gasteiger partial charge in [-0.1, -0.05) is 6.92 Å². The van der Waals surface area contributed by atoms with Crippen molar-refractivity contribution in [1.29, 1.82) is 0 Å². The van der Waals surface area contributed by atoms with Gasteiger partial charge in [-0.05, 0) is 6.42 Å². The summed E-state index contributed by atoms with van der Waals surface area (Å²) in [5, 5.41) is 3.37. The van der Waals surface area contributed by atoms with Crippen LogP contribution in [0.15, 0.2) is 0 Å². The largest absolute Gasteiger partial charge is 0.304 e. The first-order chi connectivity index (χ1) is 3.43. The van der Waals surface area contributed by atoms with Crippen LogP contribution >= 0.6 is 11.8 Å². The van der Waals surface area contributed by atoms with E-state index in [1.807, 2.05) is 11.8 Å². The lowest BCUT2D eigenvalue weighted by atomic mass is 10.3. The summed E-state index contributed by atoms with van der Waals surface area (Å²) in [4.78, 5) is 0. The minimum atomic E-state index is 0. The van der Waals surface area contributed by atoms with E-state index in [9.17, 15) is 0 Å². The molecular formula is C5H13NS. The van der Waals surface area contributed by atoms with Crippen molar-refractivity contribution in [2.24, 2.45) is 0 Å². The minimum absolute atomic E-state index is 0. The first-order valence-electron chi connectivity index (χ1n) is 2.74. The maximum Gasteiger partial charge on any atom is 0.0420 e. The van der Waals surface area contributed by atoms with Gasteiger partial charge in [0.15, 0.2) is 0 Å². The molecule has 7 heavy (non-hydrogen) atoms. The van der Waals surface area contributed by atoms with Crippen molar-refractivity contribution in [2.45, 2.75) is 19.4 Å². The molecule has 0 saturated carbocycles. The second-order valence-electron chi connectivity index (χ2n) is 1.82. The second-order valence-corrected chi connectivity index (χ2v) is 2.85. The molecule has 1 atom stereocenters. The van der Waals surface area contributed by atoms with E-state index in [0.717, 1.165) is 6.04 Å². The highest BCUT2D eigenvalue weighted by molar-refractivity contribution is 7.99. The van der Waals surface area contributed by atoms with Crippen LogP contribution in [0.1, 0.15) is 14.8 Å². The molecule has 1 aliphatic rings. The van der Waals surface area contributed by atoms with Crippen LogP contribution in [0.25, 0.3) is 0 Å². The number of hydrogen-bond donors (Lipinski definition) is 1. The molecule has 1 saturated heterocycles.